The summed E-state index contributed by atoms with van der Waals surface area (Å²) in [5.74, 6) is 2.73. The van der Waals surface area contributed by atoms with Gasteiger partial charge in [0.25, 0.3) is 0 Å². The fourth-order valence-corrected chi connectivity index (χ4v) is 1.87. The molecule has 1 aliphatic rings. The summed E-state index contributed by atoms with van der Waals surface area (Å²) in [5, 5.41) is 2.69. The number of alkyl carbamates (subject to hydrolysis) is 1. The molecule has 84 valence electrons. The predicted octanol–water partition coefficient (Wildman–Crippen LogP) is -0.587. The Balaban J connectivity index is 2.28. The van der Waals surface area contributed by atoms with E-state index in [1.807, 2.05) is 0 Å². The van der Waals surface area contributed by atoms with Crippen LogP contribution in [0.5, 0.6) is 0 Å². The number of ether oxygens (including phenoxy) is 1. The highest BCUT2D eigenvalue weighted by atomic mass is 16.5. The first-order valence-electron chi connectivity index (χ1n) is 5.49. The molecule has 1 fully saturated rings. The molecule has 1 amide bonds. The van der Waals surface area contributed by atoms with Gasteiger partial charge in [0.15, 0.2) is 6.04 Å². The summed E-state index contributed by atoms with van der Waals surface area (Å²) in [7, 11) is 0. The lowest BCUT2D eigenvalue weighted by molar-refractivity contribution is -0.903. The molecule has 1 heterocycles. The Morgan fingerprint density at radius 2 is 2.27 bits per heavy atom. The van der Waals surface area contributed by atoms with Crippen LogP contribution >= 0.6 is 0 Å². The van der Waals surface area contributed by atoms with Crippen LogP contribution in [0, 0.1) is 12.3 Å². The molecule has 1 saturated heterocycles. The average molecular weight is 211 g/mol. The van der Waals surface area contributed by atoms with Crippen LogP contribution in [0.25, 0.3) is 0 Å². The first kappa shape index (κ1) is 11.9. The number of likely N-dealkylation sites (tertiary alicyclic amines) is 1. The van der Waals surface area contributed by atoms with Crippen molar-refractivity contribution in [1.29, 1.82) is 0 Å². The van der Waals surface area contributed by atoms with Crippen molar-refractivity contribution in [3.63, 3.8) is 0 Å². The van der Waals surface area contributed by atoms with Gasteiger partial charge in [-0.15, -0.1) is 6.42 Å². The van der Waals surface area contributed by atoms with Crippen LogP contribution in [-0.4, -0.2) is 38.4 Å². The molecular weight excluding hydrogens is 192 g/mol. The van der Waals surface area contributed by atoms with Crippen molar-refractivity contribution >= 4 is 6.09 Å². The predicted molar refractivity (Wildman–Crippen MR) is 57.6 cm³/mol. The zero-order valence-corrected chi connectivity index (χ0v) is 9.21. The highest BCUT2D eigenvalue weighted by Gasteiger charge is 2.24. The minimum absolute atomic E-state index is 0.0805. The van der Waals surface area contributed by atoms with E-state index in [0.717, 1.165) is 13.1 Å². The van der Waals surface area contributed by atoms with Gasteiger partial charge in [-0.25, -0.2) is 4.79 Å². The fraction of sp³-hybridized carbons (Fsp3) is 0.727. The monoisotopic (exact) mass is 211 g/mol. The van der Waals surface area contributed by atoms with E-state index in [-0.39, 0.29) is 12.1 Å². The van der Waals surface area contributed by atoms with Crippen LogP contribution in [0.1, 0.15) is 19.8 Å². The second kappa shape index (κ2) is 6.31. The molecule has 1 rings (SSSR count). The van der Waals surface area contributed by atoms with Gasteiger partial charge in [-0.3, -0.25) is 0 Å². The number of quaternary nitrogens is 1. The summed E-state index contributed by atoms with van der Waals surface area (Å²) in [6.07, 6.45) is 7.53. The van der Waals surface area contributed by atoms with Crippen molar-refractivity contribution in [2.45, 2.75) is 25.8 Å². The molecule has 0 aliphatic carbocycles. The van der Waals surface area contributed by atoms with Gasteiger partial charge >= 0.3 is 6.09 Å². The zero-order valence-electron chi connectivity index (χ0n) is 9.21. The van der Waals surface area contributed by atoms with E-state index in [4.69, 9.17) is 11.2 Å². The van der Waals surface area contributed by atoms with Gasteiger partial charge in [-0.2, -0.15) is 0 Å². The fourth-order valence-electron chi connectivity index (χ4n) is 1.87. The van der Waals surface area contributed by atoms with Gasteiger partial charge < -0.3 is 15.0 Å². The molecule has 4 nitrogen and oxygen atoms in total. The Bertz CT molecular complexity index is 241. The number of carbonyl (C=O) groups is 1. The van der Waals surface area contributed by atoms with Crippen molar-refractivity contribution in [2.24, 2.45) is 0 Å². The Morgan fingerprint density at radius 3 is 2.80 bits per heavy atom. The number of terminal acetylenes is 1. The van der Waals surface area contributed by atoms with Crippen LogP contribution in [0.3, 0.4) is 0 Å². The van der Waals surface area contributed by atoms with E-state index in [1.165, 1.54) is 17.7 Å². The van der Waals surface area contributed by atoms with Crippen LogP contribution in [0.4, 0.5) is 4.79 Å². The summed E-state index contributed by atoms with van der Waals surface area (Å²) in [4.78, 5) is 12.5. The topological polar surface area (TPSA) is 42.8 Å². The summed E-state index contributed by atoms with van der Waals surface area (Å²) in [6.45, 7) is 4.90. The normalized spacial score (nSPS) is 18.1. The number of hydrogen-bond donors (Lipinski definition) is 2. The highest BCUT2D eigenvalue weighted by Crippen LogP contribution is 1.90. The number of nitrogens with one attached hydrogen (secondary N) is 2. The molecule has 0 unspecified atom stereocenters. The summed E-state index contributed by atoms with van der Waals surface area (Å²) in [5.41, 5.74) is 0. The smallest absolute Gasteiger partial charge is 0.407 e. The number of rotatable bonds is 4. The molecule has 0 saturated carbocycles. The van der Waals surface area contributed by atoms with Crippen molar-refractivity contribution < 1.29 is 14.4 Å². The molecule has 0 aromatic carbocycles. The minimum atomic E-state index is -0.378. The lowest BCUT2D eigenvalue weighted by atomic mass is 10.3. The first-order chi connectivity index (χ1) is 7.27. The van der Waals surface area contributed by atoms with E-state index in [1.54, 1.807) is 6.92 Å². The van der Waals surface area contributed by atoms with Crippen LogP contribution < -0.4 is 10.2 Å². The standard InChI is InChI=1S/C11H18N2O2/c1-3-10(13-7-5-6-8-13)9-12-11(14)15-4-2/h1,10H,4-9H2,2H3,(H,12,14)/p+1/t10-/m1/s1. The molecule has 0 spiro atoms. The highest BCUT2D eigenvalue weighted by molar-refractivity contribution is 5.67. The van der Waals surface area contributed by atoms with Gasteiger partial charge in [0.2, 0.25) is 0 Å². The lowest BCUT2D eigenvalue weighted by Crippen LogP contribution is -3.14. The van der Waals surface area contributed by atoms with Crippen LogP contribution in [-0.2, 0) is 4.74 Å². The third-order valence-electron chi connectivity index (χ3n) is 2.67. The molecule has 4 heteroatoms. The molecular formula is C11H19N2O2+. The molecule has 0 aromatic heterocycles. The third kappa shape index (κ3) is 3.80. The molecule has 0 radical (unpaired) electrons. The summed E-state index contributed by atoms with van der Waals surface area (Å²) >= 11 is 0. The summed E-state index contributed by atoms with van der Waals surface area (Å²) in [6, 6.07) is 0.0805. The average Bonchev–Trinajstić information content (AvgIpc) is 2.72. The number of hydrogen-bond acceptors (Lipinski definition) is 2. The molecule has 0 aromatic rings. The molecule has 2 N–H and O–H groups in total. The van der Waals surface area contributed by atoms with Gasteiger partial charge in [0.1, 0.15) is 0 Å². The molecule has 15 heavy (non-hydrogen) atoms. The minimum Gasteiger partial charge on any atom is -0.450 e. The SMILES string of the molecule is C#C[C@H](CNC(=O)OCC)[NH+]1CCCC1. The van der Waals surface area contributed by atoms with Gasteiger partial charge in [0, 0.05) is 12.8 Å². The Kier molecular flexibility index (Phi) is 4.99. The van der Waals surface area contributed by atoms with E-state index < -0.39 is 0 Å². The zero-order chi connectivity index (χ0) is 11.1. The van der Waals surface area contributed by atoms with E-state index in [0.29, 0.717) is 13.2 Å². The van der Waals surface area contributed by atoms with Crippen LogP contribution in [0.15, 0.2) is 0 Å². The second-order valence-electron chi connectivity index (χ2n) is 3.69. The largest absolute Gasteiger partial charge is 0.450 e. The Hall–Kier alpha value is -1.21. The van der Waals surface area contributed by atoms with E-state index >= 15 is 0 Å². The van der Waals surface area contributed by atoms with Crippen molar-refractivity contribution in [1.82, 2.24) is 5.32 Å². The quantitative estimate of drug-likeness (QED) is 0.611. The Morgan fingerprint density at radius 1 is 1.60 bits per heavy atom. The maximum Gasteiger partial charge on any atom is 0.407 e. The molecule has 1 atom stereocenters. The lowest BCUT2D eigenvalue weighted by Gasteiger charge is -2.19. The van der Waals surface area contributed by atoms with Gasteiger partial charge in [0.05, 0.1) is 26.2 Å². The Labute approximate surface area is 91.0 Å². The third-order valence-corrected chi connectivity index (χ3v) is 2.67. The van der Waals surface area contributed by atoms with Crippen molar-refractivity contribution in [2.75, 3.05) is 26.2 Å². The van der Waals surface area contributed by atoms with Gasteiger partial charge in [-0.05, 0) is 12.8 Å². The number of amides is 1. The second-order valence-corrected chi connectivity index (χ2v) is 3.69. The maximum absolute atomic E-state index is 11.1. The maximum atomic E-state index is 11.1. The number of carbonyl (C=O) groups excluding carboxylic acids is 1. The van der Waals surface area contributed by atoms with Crippen LogP contribution in [0.2, 0.25) is 0 Å². The van der Waals surface area contributed by atoms with Gasteiger partial charge in [-0.1, -0.05) is 0 Å². The van der Waals surface area contributed by atoms with E-state index in [9.17, 15) is 4.79 Å². The van der Waals surface area contributed by atoms with Crippen molar-refractivity contribution in [3.8, 4) is 12.3 Å². The molecule has 0 bridgehead atoms. The summed E-state index contributed by atoms with van der Waals surface area (Å²) < 4.78 is 4.77. The molecule has 1 aliphatic heterocycles. The van der Waals surface area contributed by atoms with E-state index in [2.05, 4.69) is 11.2 Å². The van der Waals surface area contributed by atoms with Crippen molar-refractivity contribution in [3.05, 3.63) is 0 Å². The first-order valence-corrected chi connectivity index (χ1v) is 5.49.